The van der Waals surface area contributed by atoms with Crippen LogP contribution in [0.2, 0.25) is 0 Å². The molecule has 0 radical (unpaired) electrons. The Labute approximate surface area is 154 Å². The maximum Gasteiger partial charge on any atom is 0.413 e. The van der Waals surface area contributed by atoms with Crippen LogP contribution in [0.1, 0.15) is 29.3 Å². The van der Waals surface area contributed by atoms with Gasteiger partial charge in [-0.15, -0.1) is 11.3 Å². The fraction of sp³-hybridized carbons (Fsp3) is 0.467. The number of aromatic nitrogens is 1. The minimum Gasteiger partial charge on any atom is -0.450 e. The number of aryl methyl sites for hydroxylation is 1. The fourth-order valence-electron chi connectivity index (χ4n) is 2.50. The number of ether oxygens (including phenoxy) is 1. The predicted molar refractivity (Wildman–Crippen MR) is 97.8 cm³/mol. The molecule has 0 fully saturated rings. The van der Waals surface area contributed by atoms with Gasteiger partial charge in [-0.1, -0.05) is 18.3 Å². The molecule has 0 aliphatic carbocycles. The lowest BCUT2D eigenvalue weighted by Gasteiger charge is -2.24. The smallest absolute Gasteiger partial charge is 0.413 e. The average molecular weight is 402 g/mol. The summed E-state index contributed by atoms with van der Waals surface area (Å²) in [5.41, 5.74) is 0.837. The summed E-state index contributed by atoms with van der Waals surface area (Å²) < 4.78 is 32.3. The molecule has 1 aliphatic heterocycles. The van der Waals surface area contributed by atoms with E-state index in [-0.39, 0.29) is 13.2 Å². The Bertz CT molecular complexity index is 872. The minimum atomic E-state index is -3.50. The number of thiazole rings is 1. The molecular formula is C15H19N3O4S3. The summed E-state index contributed by atoms with van der Waals surface area (Å²) in [5, 5.41) is 3.01. The molecule has 2 aromatic heterocycles. The Morgan fingerprint density at radius 1 is 1.36 bits per heavy atom. The topological polar surface area (TPSA) is 88.6 Å². The first-order valence-electron chi connectivity index (χ1n) is 7.95. The SMILES string of the molecule is CCOC(=O)Nc1nc2c(s1)CN(S(=O)(=O)c1ccc(CC)s1)CC2. The molecule has 7 nitrogen and oxygen atoms in total. The van der Waals surface area contributed by atoms with E-state index in [0.717, 1.165) is 21.9 Å². The first-order valence-corrected chi connectivity index (χ1v) is 11.0. The zero-order valence-corrected chi connectivity index (χ0v) is 16.4. The van der Waals surface area contributed by atoms with Crippen molar-refractivity contribution in [2.24, 2.45) is 0 Å². The lowest BCUT2D eigenvalue weighted by molar-refractivity contribution is 0.168. The van der Waals surface area contributed by atoms with E-state index in [0.29, 0.717) is 22.3 Å². The molecule has 0 bridgehead atoms. The van der Waals surface area contributed by atoms with E-state index >= 15 is 0 Å². The van der Waals surface area contributed by atoms with Gasteiger partial charge < -0.3 is 4.74 Å². The Morgan fingerprint density at radius 3 is 2.84 bits per heavy atom. The van der Waals surface area contributed by atoms with Gasteiger partial charge in [0.05, 0.1) is 18.8 Å². The van der Waals surface area contributed by atoms with Crippen molar-refractivity contribution in [3.05, 3.63) is 27.6 Å². The van der Waals surface area contributed by atoms with E-state index in [1.54, 1.807) is 13.0 Å². The van der Waals surface area contributed by atoms with Gasteiger partial charge in [0.25, 0.3) is 10.0 Å². The molecule has 1 N–H and O–H groups in total. The van der Waals surface area contributed by atoms with Crippen molar-refractivity contribution >= 4 is 43.9 Å². The van der Waals surface area contributed by atoms with Crippen molar-refractivity contribution in [1.29, 1.82) is 0 Å². The summed E-state index contributed by atoms with van der Waals surface area (Å²) in [7, 11) is -3.50. The summed E-state index contributed by atoms with van der Waals surface area (Å²) in [6.45, 7) is 4.68. The zero-order chi connectivity index (χ0) is 18.0. The molecule has 3 rings (SSSR count). The first kappa shape index (κ1) is 18.3. The molecule has 0 unspecified atom stereocenters. The zero-order valence-electron chi connectivity index (χ0n) is 13.9. The number of fused-ring (bicyclic) bond motifs is 1. The number of hydrogen-bond donors (Lipinski definition) is 1. The van der Waals surface area contributed by atoms with E-state index < -0.39 is 16.1 Å². The number of amides is 1. The fourth-order valence-corrected chi connectivity index (χ4v) is 6.45. The van der Waals surface area contributed by atoms with Crippen LogP contribution < -0.4 is 5.32 Å². The Hall–Kier alpha value is -1.49. The van der Waals surface area contributed by atoms with Gasteiger partial charge in [0.2, 0.25) is 0 Å². The highest BCUT2D eigenvalue weighted by molar-refractivity contribution is 7.91. The van der Waals surface area contributed by atoms with Crippen LogP contribution in [-0.2, 0) is 34.1 Å². The van der Waals surface area contributed by atoms with E-state index in [2.05, 4.69) is 10.3 Å². The third kappa shape index (κ3) is 3.86. The van der Waals surface area contributed by atoms with Crippen LogP contribution in [-0.4, -0.2) is 37.0 Å². The lowest BCUT2D eigenvalue weighted by atomic mass is 10.2. The monoisotopic (exact) mass is 401 g/mol. The number of carbonyl (C=O) groups is 1. The van der Waals surface area contributed by atoms with Crippen LogP contribution in [0.3, 0.4) is 0 Å². The molecule has 136 valence electrons. The lowest BCUT2D eigenvalue weighted by Crippen LogP contribution is -2.35. The number of thiophene rings is 1. The summed E-state index contributed by atoms with van der Waals surface area (Å²) >= 11 is 2.61. The molecule has 1 amide bonds. The van der Waals surface area contributed by atoms with Crippen LogP contribution in [0, 0.1) is 0 Å². The van der Waals surface area contributed by atoms with Gasteiger partial charge in [-0.05, 0) is 25.5 Å². The maximum atomic E-state index is 12.8. The molecule has 0 atom stereocenters. The normalized spacial score (nSPS) is 15.0. The van der Waals surface area contributed by atoms with Gasteiger partial charge in [-0.3, -0.25) is 5.32 Å². The second-order valence-corrected chi connectivity index (χ2v) is 9.81. The van der Waals surface area contributed by atoms with E-state index in [1.807, 2.05) is 13.0 Å². The summed E-state index contributed by atoms with van der Waals surface area (Å²) in [6.07, 6.45) is 0.799. The van der Waals surface area contributed by atoms with Gasteiger partial charge in [-0.25, -0.2) is 18.2 Å². The van der Waals surface area contributed by atoms with E-state index in [9.17, 15) is 13.2 Å². The highest BCUT2D eigenvalue weighted by Crippen LogP contribution is 2.33. The van der Waals surface area contributed by atoms with Crippen molar-refractivity contribution in [3.8, 4) is 0 Å². The third-order valence-electron chi connectivity index (χ3n) is 3.76. The van der Waals surface area contributed by atoms with Crippen LogP contribution in [0.15, 0.2) is 16.3 Å². The van der Waals surface area contributed by atoms with Crippen LogP contribution >= 0.6 is 22.7 Å². The maximum absolute atomic E-state index is 12.8. The van der Waals surface area contributed by atoms with Gasteiger partial charge in [0.15, 0.2) is 5.13 Å². The largest absolute Gasteiger partial charge is 0.450 e. The Morgan fingerprint density at radius 2 is 2.16 bits per heavy atom. The standard InChI is InChI=1S/C15H19N3O4S3/c1-3-10-5-6-13(23-10)25(20,21)18-8-7-11-12(9-18)24-14(16-11)17-15(19)22-4-2/h5-6H,3-4,7-9H2,1-2H3,(H,16,17,19). The second-order valence-electron chi connectivity index (χ2n) is 5.40. The molecule has 25 heavy (non-hydrogen) atoms. The number of nitrogens with zero attached hydrogens (tertiary/aromatic N) is 2. The highest BCUT2D eigenvalue weighted by atomic mass is 32.2. The molecule has 1 aliphatic rings. The second kappa shape index (κ2) is 7.40. The first-order chi connectivity index (χ1) is 11.9. The molecular weight excluding hydrogens is 382 g/mol. The Balaban J connectivity index is 1.76. The van der Waals surface area contributed by atoms with Crippen LogP contribution in [0.25, 0.3) is 0 Å². The van der Waals surface area contributed by atoms with Crippen LogP contribution in [0.4, 0.5) is 9.93 Å². The summed E-state index contributed by atoms with van der Waals surface area (Å²) in [6, 6.07) is 3.54. The number of hydrogen-bond acceptors (Lipinski definition) is 7. The minimum absolute atomic E-state index is 0.277. The summed E-state index contributed by atoms with van der Waals surface area (Å²) in [5.74, 6) is 0. The van der Waals surface area contributed by atoms with E-state index in [4.69, 9.17) is 4.74 Å². The van der Waals surface area contributed by atoms with E-state index in [1.165, 1.54) is 27.0 Å². The van der Waals surface area contributed by atoms with Gasteiger partial charge in [0, 0.05) is 22.7 Å². The van der Waals surface area contributed by atoms with Gasteiger partial charge >= 0.3 is 6.09 Å². The molecule has 0 saturated heterocycles. The molecule has 3 heterocycles. The molecule has 10 heteroatoms. The quantitative estimate of drug-likeness (QED) is 0.832. The van der Waals surface area contributed by atoms with Crippen molar-refractivity contribution in [2.75, 3.05) is 18.5 Å². The van der Waals surface area contributed by atoms with Crippen molar-refractivity contribution in [3.63, 3.8) is 0 Å². The Kier molecular flexibility index (Phi) is 5.42. The van der Waals surface area contributed by atoms with Crippen LogP contribution in [0.5, 0.6) is 0 Å². The highest BCUT2D eigenvalue weighted by Gasteiger charge is 2.31. The number of anilines is 1. The third-order valence-corrected chi connectivity index (χ3v) is 8.30. The predicted octanol–water partition coefficient (Wildman–Crippen LogP) is 3.08. The molecule has 0 spiro atoms. The van der Waals surface area contributed by atoms with Gasteiger partial charge in [-0.2, -0.15) is 4.31 Å². The van der Waals surface area contributed by atoms with Crippen molar-refractivity contribution < 1.29 is 17.9 Å². The number of nitrogens with one attached hydrogen (secondary N) is 1. The number of sulfonamides is 1. The average Bonchev–Trinajstić information content (AvgIpc) is 3.20. The van der Waals surface area contributed by atoms with Gasteiger partial charge in [0.1, 0.15) is 4.21 Å². The molecule has 0 aromatic carbocycles. The van der Waals surface area contributed by atoms with Crippen molar-refractivity contribution in [2.45, 2.75) is 37.4 Å². The molecule has 0 saturated carbocycles. The molecule has 2 aromatic rings. The number of carbonyl (C=O) groups excluding carboxylic acids is 1. The summed E-state index contributed by atoms with van der Waals surface area (Å²) in [4.78, 5) is 17.8. The van der Waals surface area contributed by atoms with Crippen molar-refractivity contribution in [1.82, 2.24) is 9.29 Å². The number of rotatable bonds is 5.